The number of esters is 1. The molecule has 0 bridgehead atoms. The molecule has 1 rings (SSSR count). The molecular weight excluding hydrogens is 282 g/mol. The van der Waals surface area contributed by atoms with Crippen LogP contribution in [0.2, 0.25) is 0 Å². The van der Waals surface area contributed by atoms with Crippen molar-refractivity contribution < 1.29 is 23.1 Å². The van der Waals surface area contributed by atoms with E-state index < -0.39 is 28.1 Å². The topological polar surface area (TPSA) is 92.7 Å². The van der Waals surface area contributed by atoms with Gasteiger partial charge in [0.1, 0.15) is 0 Å². The monoisotopic (exact) mass is 301 g/mol. The first-order chi connectivity index (χ1) is 9.30. The van der Waals surface area contributed by atoms with E-state index in [1.165, 1.54) is 13.0 Å². The van der Waals surface area contributed by atoms with Gasteiger partial charge in [-0.15, -0.1) is 0 Å². The quantitative estimate of drug-likeness (QED) is 0.744. The van der Waals surface area contributed by atoms with Crippen LogP contribution in [0.3, 0.4) is 0 Å². The second-order valence-corrected chi connectivity index (χ2v) is 6.20. The van der Waals surface area contributed by atoms with Gasteiger partial charge in [-0.25, -0.2) is 13.2 Å². The Morgan fingerprint density at radius 3 is 2.50 bits per heavy atom. The molecule has 0 fully saturated rings. The SMILES string of the molecule is CCc1ccccc1S(=O)(=O)NC(C)(CO)C(=O)OC. The highest BCUT2D eigenvalue weighted by molar-refractivity contribution is 7.89. The fourth-order valence-corrected chi connectivity index (χ4v) is 3.44. The van der Waals surface area contributed by atoms with Crippen LogP contribution < -0.4 is 4.72 Å². The number of hydrogen-bond acceptors (Lipinski definition) is 5. The van der Waals surface area contributed by atoms with E-state index in [-0.39, 0.29) is 4.90 Å². The molecule has 0 amide bonds. The lowest BCUT2D eigenvalue weighted by Gasteiger charge is -2.25. The molecular formula is C13H19NO5S. The van der Waals surface area contributed by atoms with E-state index in [1.807, 2.05) is 6.92 Å². The van der Waals surface area contributed by atoms with Crippen LogP contribution in [0.5, 0.6) is 0 Å². The summed E-state index contributed by atoms with van der Waals surface area (Å²) < 4.78 is 31.5. The fourth-order valence-electron chi connectivity index (χ4n) is 1.77. The van der Waals surface area contributed by atoms with Gasteiger partial charge in [-0.3, -0.25) is 0 Å². The molecule has 1 aromatic carbocycles. The average molecular weight is 301 g/mol. The average Bonchev–Trinajstić information content (AvgIpc) is 2.45. The summed E-state index contributed by atoms with van der Waals surface area (Å²) in [4.78, 5) is 11.7. The number of methoxy groups -OCH3 is 1. The van der Waals surface area contributed by atoms with Gasteiger partial charge < -0.3 is 9.84 Å². The van der Waals surface area contributed by atoms with E-state index in [1.54, 1.807) is 18.2 Å². The Morgan fingerprint density at radius 2 is 2.00 bits per heavy atom. The molecule has 0 aliphatic rings. The first-order valence-electron chi connectivity index (χ1n) is 6.12. The van der Waals surface area contributed by atoms with E-state index in [0.29, 0.717) is 12.0 Å². The van der Waals surface area contributed by atoms with Crippen molar-refractivity contribution in [1.29, 1.82) is 0 Å². The predicted octanol–water partition coefficient (Wildman–Crippen LogP) is 0.451. The first-order valence-corrected chi connectivity index (χ1v) is 7.60. The summed E-state index contributed by atoms with van der Waals surface area (Å²) in [5.74, 6) is -0.849. The highest BCUT2D eigenvalue weighted by Crippen LogP contribution is 2.19. The van der Waals surface area contributed by atoms with Crippen molar-refractivity contribution >= 4 is 16.0 Å². The molecule has 1 atom stereocenters. The predicted molar refractivity (Wildman–Crippen MR) is 73.6 cm³/mol. The maximum atomic E-state index is 12.4. The van der Waals surface area contributed by atoms with Crippen molar-refractivity contribution in [2.75, 3.05) is 13.7 Å². The van der Waals surface area contributed by atoms with Crippen LogP contribution in [0.25, 0.3) is 0 Å². The molecule has 1 aromatic rings. The molecule has 6 nitrogen and oxygen atoms in total. The molecule has 7 heteroatoms. The Balaban J connectivity index is 3.21. The lowest BCUT2D eigenvalue weighted by atomic mass is 10.1. The van der Waals surface area contributed by atoms with E-state index in [9.17, 15) is 18.3 Å². The van der Waals surface area contributed by atoms with Gasteiger partial charge in [-0.1, -0.05) is 25.1 Å². The lowest BCUT2D eigenvalue weighted by molar-refractivity contribution is -0.148. The van der Waals surface area contributed by atoms with Crippen LogP contribution in [0.4, 0.5) is 0 Å². The molecule has 0 saturated heterocycles. The Kier molecular flexibility index (Phi) is 5.27. The summed E-state index contributed by atoms with van der Waals surface area (Å²) in [6.07, 6.45) is 0.533. The van der Waals surface area contributed by atoms with E-state index in [2.05, 4.69) is 9.46 Å². The summed E-state index contributed by atoms with van der Waals surface area (Å²) in [6.45, 7) is 2.40. The minimum Gasteiger partial charge on any atom is -0.468 e. The van der Waals surface area contributed by atoms with Gasteiger partial charge in [0.15, 0.2) is 5.54 Å². The highest BCUT2D eigenvalue weighted by atomic mass is 32.2. The maximum Gasteiger partial charge on any atom is 0.329 e. The Morgan fingerprint density at radius 1 is 1.40 bits per heavy atom. The summed E-state index contributed by atoms with van der Waals surface area (Å²) in [7, 11) is -2.81. The van der Waals surface area contributed by atoms with Gasteiger partial charge in [0, 0.05) is 0 Å². The third-order valence-electron chi connectivity index (χ3n) is 2.95. The van der Waals surface area contributed by atoms with Gasteiger partial charge in [0.05, 0.1) is 18.6 Å². The highest BCUT2D eigenvalue weighted by Gasteiger charge is 2.38. The molecule has 0 aliphatic heterocycles. The fraction of sp³-hybridized carbons (Fsp3) is 0.462. The normalized spacial score (nSPS) is 14.6. The molecule has 112 valence electrons. The largest absolute Gasteiger partial charge is 0.468 e. The van der Waals surface area contributed by atoms with Gasteiger partial charge in [-0.2, -0.15) is 4.72 Å². The van der Waals surface area contributed by atoms with Crippen molar-refractivity contribution in [3.05, 3.63) is 29.8 Å². The van der Waals surface area contributed by atoms with Crippen molar-refractivity contribution in [2.45, 2.75) is 30.7 Å². The molecule has 0 radical (unpaired) electrons. The van der Waals surface area contributed by atoms with Crippen LogP contribution in [0, 0.1) is 0 Å². The van der Waals surface area contributed by atoms with Crippen molar-refractivity contribution in [2.24, 2.45) is 0 Å². The van der Waals surface area contributed by atoms with Gasteiger partial charge >= 0.3 is 5.97 Å². The Labute approximate surface area is 118 Å². The van der Waals surface area contributed by atoms with Gasteiger partial charge in [0.2, 0.25) is 10.0 Å². The second kappa shape index (κ2) is 6.34. The zero-order chi connectivity index (χ0) is 15.4. The molecule has 0 aliphatic carbocycles. The third-order valence-corrected chi connectivity index (χ3v) is 4.65. The smallest absolute Gasteiger partial charge is 0.329 e. The molecule has 1 unspecified atom stereocenters. The molecule has 0 heterocycles. The number of aliphatic hydroxyl groups is 1. The van der Waals surface area contributed by atoms with E-state index >= 15 is 0 Å². The number of carbonyl (C=O) groups excluding carboxylic acids is 1. The van der Waals surface area contributed by atoms with Gasteiger partial charge in [0.25, 0.3) is 0 Å². The minimum atomic E-state index is -3.94. The zero-order valence-corrected chi connectivity index (χ0v) is 12.5. The molecule has 20 heavy (non-hydrogen) atoms. The van der Waals surface area contributed by atoms with E-state index in [0.717, 1.165) is 7.11 Å². The molecule has 2 N–H and O–H groups in total. The molecule has 0 saturated carbocycles. The number of nitrogens with one attached hydrogen (secondary N) is 1. The van der Waals surface area contributed by atoms with Crippen LogP contribution in [-0.2, 0) is 26.0 Å². The summed E-state index contributed by atoms with van der Waals surface area (Å²) >= 11 is 0. The standard InChI is InChI=1S/C13H19NO5S/c1-4-10-7-5-6-8-11(10)20(17,18)14-13(2,9-15)12(16)19-3/h5-8,14-15H,4,9H2,1-3H3. The van der Waals surface area contributed by atoms with Crippen LogP contribution in [0.15, 0.2) is 29.2 Å². The maximum absolute atomic E-state index is 12.4. The van der Waals surface area contributed by atoms with Crippen LogP contribution in [0.1, 0.15) is 19.4 Å². The zero-order valence-electron chi connectivity index (χ0n) is 11.7. The number of sulfonamides is 1. The van der Waals surface area contributed by atoms with E-state index in [4.69, 9.17) is 0 Å². The second-order valence-electron chi connectivity index (χ2n) is 4.55. The van der Waals surface area contributed by atoms with Crippen LogP contribution >= 0.6 is 0 Å². The van der Waals surface area contributed by atoms with Crippen LogP contribution in [-0.4, -0.2) is 38.7 Å². The minimum absolute atomic E-state index is 0.0890. The number of aryl methyl sites for hydroxylation is 1. The van der Waals surface area contributed by atoms with Crippen molar-refractivity contribution in [3.8, 4) is 0 Å². The summed E-state index contributed by atoms with van der Waals surface area (Å²) in [5, 5.41) is 9.30. The number of hydrogen-bond donors (Lipinski definition) is 2. The van der Waals surface area contributed by atoms with Crippen molar-refractivity contribution in [1.82, 2.24) is 4.72 Å². The van der Waals surface area contributed by atoms with Crippen molar-refractivity contribution in [3.63, 3.8) is 0 Å². The number of ether oxygens (including phenoxy) is 1. The van der Waals surface area contributed by atoms with Gasteiger partial charge in [-0.05, 0) is 25.0 Å². The molecule has 0 aromatic heterocycles. The first kappa shape index (κ1) is 16.6. The number of aliphatic hydroxyl groups excluding tert-OH is 1. The lowest BCUT2D eigenvalue weighted by Crippen LogP contribution is -2.55. The number of carbonyl (C=O) groups is 1. The number of rotatable bonds is 6. The summed E-state index contributed by atoms with van der Waals surface area (Å²) in [5.41, 5.74) is -1.08. The number of benzene rings is 1. The Hall–Kier alpha value is -1.44. The third kappa shape index (κ3) is 3.36. The summed E-state index contributed by atoms with van der Waals surface area (Å²) in [6, 6.07) is 6.49. The Bertz CT molecular complexity index is 584. The molecule has 0 spiro atoms.